The summed E-state index contributed by atoms with van der Waals surface area (Å²) in [7, 11) is 1.60. The molecule has 2 rings (SSSR count). The van der Waals surface area contributed by atoms with E-state index in [4.69, 9.17) is 9.47 Å². The molecule has 0 radical (unpaired) electrons. The molecule has 0 bridgehead atoms. The van der Waals surface area contributed by atoms with E-state index in [1.165, 1.54) is 11.3 Å². The number of benzene rings is 1. The highest BCUT2D eigenvalue weighted by Crippen LogP contribution is 2.19. The smallest absolute Gasteiger partial charge is 0.266 e. The summed E-state index contributed by atoms with van der Waals surface area (Å²) < 4.78 is 10.6. The average Bonchev–Trinajstić information content (AvgIpc) is 2.95. The number of nitrogens with one attached hydrogen (secondary N) is 1. The van der Waals surface area contributed by atoms with E-state index >= 15 is 0 Å². The number of hydrogen-bond donors (Lipinski definition) is 1. The summed E-state index contributed by atoms with van der Waals surface area (Å²) in [5.41, 5.74) is 0. The van der Waals surface area contributed by atoms with Gasteiger partial charge in [0.15, 0.2) is 6.10 Å². The molecule has 1 unspecified atom stereocenters. The minimum Gasteiger partial charge on any atom is -0.497 e. The zero-order valence-corrected chi connectivity index (χ0v) is 12.9. The van der Waals surface area contributed by atoms with Gasteiger partial charge in [0.1, 0.15) is 16.5 Å². The fourth-order valence-electron chi connectivity index (χ4n) is 1.57. The predicted molar refractivity (Wildman–Crippen MR) is 81.0 cm³/mol. The van der Waals surface area contributed by atoms with Crippen molar-refractivity contribution in [2.75, 3.05) is 12.4 Å². The van der Waals surface area contributed by atoms with Crippen molar-refractivity contribution in [2.24, 2.45) is 0 Å². The minimum atomic E-state index is -0.632. The molecule has 0 aliphatic rings. The van der Waals surface area contributed by atoms with E-state index in [0.717, 1.165) is 17.2 Å². The van der Waals surface area contributed by atoms with Crippen LogP contribution in [0.2, 0.25) is 0 Å². The van der Waals surface area contributed by atoms with Crippen LogP contribution in [0.1, 0.15) is 18.9 Å². The lowest BCUT2D eigenvalue weighted by Crippen LogP contribution is -2.30. The summed E-state index contributed by atoms with van der Waals surface area (Å²) in [5.74, 6) is 1.08. The number of carbonyl (C=O) groups is 1. The molecule has 0 spiro atoms. The Hall–Kier alpha value is -2.15. The Kier molecular flexibility index (Phi) is 5.10. The molecule has 0 aliphatic carbocycles. The lowest BCUT2D eigenvalue weighted by Gasteiger charge is -2.13. The molecular weight excluding hydrogens is 290 g/mol. The van der Waals surface area contributed by atoms with E-state index in [2.05, 4.69) is 15.5 Å². The molecule has 7 heteroatoms. The van der Waals surface area contributed by atoms with Gasteiger partial charge in [0.05, 0.1) is 7.11 Å². The first-order chi connectivity index (χ1) is 10.1. The Labute approximate surface area is 127 Å². The number of anilines is 1. The average molecular weight is 307 g/mol. The van der Waals surface area contributed by atoms with E-state index < -0.39 is 6.10 Å². The highest BCUT2D eigenvalue weighted by molar-refractivity contribution is 7.15. The summed E-state index contributed by atoms with van der Waals surface area (Å²) in [6.07, 6.45) is 0.165. The lowest BCUT2D eigenvalue weighted by atomic mass is 10.3. The van der Waals surface area contributed by atoms with Gasteiger partial charge >= 0.3 is 0 Å². The van der Waals surface area contributed by atoms with Gasteiger partial charge in [-0.15, -0.1) is 10.2 Å². The number of aromatic nitrogens is 2. The number of rotatable bonds is 6. The van der Waals surface area contributed by atoms with Crippen molar-refractivity contribution >= 4 is 22.4 Å². The third-order valence-electron chi connectivity index (χ3n) is 2.74. The number of amides is 1. The molecule has 6 nitrogen and oxygen atoms in total. The Morgan fingerprint density at radius 3 is 2.52 bits per heavy atom. The van der Waals surface area contributed by atoms with Crippen LogP contribution in [0.5, 0.6) is 11.5 Å². The van der Waals surface area contributed by atoms with Crippen LogP contribution in [0.4, 0.5) is 5.13 Å². The van der Waals surface area contributed by atoms with Gasteiger partial charge in [0.2, 0.25) is 5.13 Å². The third kappa shape index (κ3) is 4.16. The second kappa shape index (κ2) is 7.03. The fourth-order valence-corrected chi connectivity index (χ4v) is 2.25. The lowest BCUT2D eigenvalue weighted by molar-refractivity contribution is -0.122. The molecular formula is C14H17N3O3S. The molecule has 1 heterocycles. The first-order valence-corrected chi connectivity index (χ1v) is 7.38. The predicted octanol–water partition coefficient (Wildman–Crippen LogP) is 2.52. The quantitative estimate of drug-likeness (QED) is 0.887. The van der Waals surface area contributed by atoms with Gasteiger partial charge in [0, 0.05) is 0 Å². The number of nitrogens with zero attached hydrogens (tertiary/aromatic N) is 2. The van der Waals surface area contributed by atoms with Crippen LogP contribution in [0.25, 0.3) is 0 Å². The largest absolute Gasteiger partial charge is 0.497 e. The Morgan fingerprint density at radius 1 is 1.29 bits per heavy atom. The van der Waals surface area contributed by atoms with Gasteiger partial charge in [-0.1, -0.05) is 18.3 Å². The van der Waals surface area contributed by atoms with Crippen molar-refractivity contribution in [3.8, 4) is 11.5 Å². The number of methoxy groups -OCH3 is 1. The minimum absolute atomic E-state index is 0.260. The summed E-state index contributed by atoms with van der Waals surface area (Å²) in [6, 6.07) is 7.06. The van der Waals surface area contributed by atoms with Crippen LogP contribution in [0.15, 0.2) is 24.3 Å². The van der Waals surface area contributed by atoms with Crippen molar-refractivity contribution in [3.05, 3.63) is 29.3 Å². The summed E-state index contributed by atoms with van der Waals surface area (Å²) >= 11 is 1.36. The molecule has 1 aromatic heterocycles. The monoisotopic (exact) mass is 307 g/mol. The zero-order chi connectivity index (χ0) is 15.2. The van der Waals surface area contributed by atoms with Crippen LogP contribution in [0.3, 0.4) is 0 Å². The van der Waals surface area contributed by atoms with Crippen LogP contribution in [-0.4, -0.2) is 29.3 Å². The van der Waals surface area contributed by atoms with Crippen molar-refractivity contribution in [1.82, 2.24) is 10.2 Å². The van der Waals surface area contributed by atoms with E-state index in [0.29, 0.717) is 10.9 Å². The van der Waals surface area contributed by atoms with Crippen molar-refractivity contribution in [2.45, 2.75) is 26.4 Å². The van der Waals surface area contributed by atoms with Crippen molar-refractivity contribution in [3.63, 3.8) is 0 Å². The molecule has 0 fully saturated rings. The van der Waals surface area contributed by atoms with E-state index in [-0.39, 0.29) is 5.91 Å². The number of carbonyl (C=O) groups excluding carboxylic acids is 1. The first-order valence-electron chi connectivity index (χ1n) is 6.56. The van der Waals surface area contributed by atoms with Gasteiger partial charge < -0.3 is 9.47 Å². The standard InChI is InChI=1S/C14H17N3O3S/c1-4-12-16-17-14(21-12)15-13(18)9(2)20-11-7-5-10(19-3)6-8-11/h5-9H,4H2,1-3H3,(H,15,17,18). The summed E-state index contributed by atoms with van der Waals surface area (Å²) in [5, 5.41) is 11.9. The van der Waals surface area contributed by atoms with Gasteiger partial charge in [-0.05, 0) is 37.6 Å². The van der Waals surface area contributed by atoms with Crippen LogP contribution < -0.4 is 14.8 Å². The maximum atomic E-state index is 12.0. The molecule has 112 valence electrons. The van der Waals surface area contributed by atoms with E-state index in [9.17, 15) is 4.79 Å². The summed E-state index contributed by atoms with van der Waals surface area (Å²) in [4.78, 5) is 12.0. The molecule has 0 aliphatic heterocycles. The number of hydrogen-bond acceptors (Lipinski definition) is 6. The van der Waals surface area contributed by atoms with Crippen LogP contribution in [0, 0.1) is 0 Å². The maximum Gasteiger partial charge on any atom is 0.266 e. The zero-order valence-electron chi connectivity index (χ0n) is 12.1. The Morgan fingerprint density at radius 2 is 1.95 bits per heavy atom. The first kappa shape index (κ1) is 15.2. The van der Waals surface area contributed by atoms with Gasteiger partial charge in [0.25, 0.3) is 5.91 Å². The second-order valence-electron chi connectivity index (χ2n) is 4.28. The molecule has 0 saturated heterocycles. The van der Waals surface area contributed by atoms with Gasteiger partial charge in [-0.3, -0.25) is 10.1 Å². The van der Waals surface area contributed by atoms with E-state index in [1.54, 1.807) is 38.3 Å². The van der Waals surface area contributed by atoms with Gasteiger partial charge in [-0.2, -0.15) is 0 Å². The molecule has 0 saturated carbocycles. The number of aryl methyl sites for hydroxylation is 1. The van der Waals surface area contributed by atoms with Crippen LogP contribution >= 0.6 is 11.3 Å². The molecule has 2 aromatic rings. The van der Waals surface area contributed by atoms with Crippen molar-refractivity contribution in [1.29, 1.82) is 0 Å². The van der Waals surface area contributed by atoms with E-state index in [1.807, 2.05) is 6.92 Å². The Balaban J connectivity index is 1.92. The summed E-state index contributed by atoms with van der Waals surface area (Å²) in [6.45, 7) is 3.67. The molecule has 1 atom stereocenters. The number of ether oxygens (including phenoxy) is 2. The Bertz CT molecular complexity index is 598. The van der Waals surface area contributed by atoms with Crippen molar-refractivity contribution < 1.29 is 14.3 Å². The molecule has 1 amide bonds. The van der Waals surface area contributed by atoms with Crippen LogP contribution in [-0.2, 0) is 11.2 Å². The highest BCUT2D eigenvalue weighted by atomic mass is 32.1. The third-order valence-corrected chi connectivity index (χ3v) is 3.72. The SMILES string of the molecule is CCc1nnc(NC(=O)C(C)Oc2ccc(OC)cc2)s1. The molecule has 1 aromatic carbocycles. The highest BCUT2D eigenvalue weighted by Gasteiger charge is 2.16. The normalized spacial score (nSPS) is 11.8. The van der Waals surface area contributed by atoms with Gasteiger partial charge in [-0.25, -0.2) is 0 Å². The fraction of sp³-hybridized carbons (Fsp3) is 0.357. The molecule has 1 N–H and O–H groups in total. The second-order valence-corrected chi connectivity index (χ2v) is 5.34. The molecule has 21 heavy (non-hydrogen) atoms. The maximum absolute atomic E-state index is 12.0. The topological polar surface area (TPSA) is 73.3 Å².